The van der Waals surface area contributed by atoms with Crippen LogP contribution < -0.4 is 16.0 Å². The second kappa shape index (κ2) is 7.04. The van der Waals surface area contributed by atoms with Crippen LogP contribution in [0.2, 0.25) is 0 Å². The summed E-state index contributed by atoms with van der Waals surface area (Å²) in [6.07, 6.45) is 1.73. The Morgan fingerprint density at radius 1 is 1.10 bits per heavy atom. The van der Waals surface area contributed by atoms with E-state index in [-0.39, 0.29) is 0 Å². The zero-order chi connectivity index (χ0) is 15.2. The highest BCUT2D eigenvalue weighted by atomic mass is 32.1. The van der Waals surface area contributed by atoms with Crippen LogP contribution in [0.4, 0.5) is 17.1 Å². The number of nitrogens with two attached hydrogens (primary N) is 1. The van der Waals surface area contributed by atoms with Crippen LogP contribution in [-0.2, 0) is 0 Å². The molecule has 0 aliphatic carbocycles. The second-order valence-corrected chi connectivity index (χ2v) is 5.08. The average Bonchev–Trinajstić information content (AvgIpc) is 2.51. The Balaban J connectivity index is 2.07. The van der Waals surface area contributed by atoms with Crippen molar-refractivity contribution in [1.82, 2.24) is 4.98 Å². The number of rotatable bonds is 6. The molecular formula is C16H20N4S. The van der Waals surface area contributed by atoms with Crippen molar-refractivity contribution in [3.05, 3.63) is 48.3 Å². The third kappa shape index (κ3) is 3.92. The van der Waals surface area contributed by atoms with Gasteiger partial charge in [0.1, 0.15) is 4.99 Å². The maximum absolute atomic E-state index is 5.53. The van der Waals surface area contributed by atoms with E-state index in [2.05, 4.69) is 53.3 Å². The van der Waals surface area contributed by atoms with Gasteiger partial charge < -0.3 is 16.0 Å². The molecule has 2 rings (SSSR count). The number of pyridine rings is 1. The fourth-order valence-corrected chi connectivity index (χ4v) is 2.25. The summed E-state index contributed by atoms with van der Waals surface area (Å²) in [6.45, 7) is 6.33. The summed E-state index contributed by atoms with van der Waals surface area (Å²) < 4.78 is 0. The van der Waals surface area contributed by atoms with Crippen molar-refractivity contribution < 1.29 is 0 Å². The Kier molecular flexibility index (Phi) is 5.11. The van der Waals surface area contributed by atoms with Crippen LogP contribution >= 0.6 is 12.2 Å². The topological polar surface area (TPSA) is 54.2 Å². The van der Waals surface area contributed by atoms with Gasteiger partial charge >= 0.3 is 0 Å². The predicted molar refractivity (Wildman–Crippen MR) is 93.4 cm³/mol. The molecule has 0 saturated carbocycles. The molecule has 1 heterocycles. The molecule has 0 radical (unpaired) electrons. The summed E-state index contributed by atoms with van der Waals surface area (Å²) in [4.78, 5) is 6.83. The molecule has 4 nitrogen and oxygen atoms in total. The Hall–Kier alpha value is -2.14. The molecule has 0 amide bonds. The highest BCUT2D eigenvalue weighted by Crippen LogP contribution is 2.20. The van der Waals surface area contributed by atoms with Gasteiger partial charge in [0.25, 0.3) is 0 Å². The lowest BCUT2D eigenvalue weighted by atomic mass is 10.2. The van der Waals surface area contributed by atoms with Crippen molar-refractivity contribution in [3.63, 3.8) is 0 Å². The Morgan fingerprint density at radius 2 is 1.71 bits per heavy atom. The van der Waals surface area contributed by atoms with E-state index in [1.54, 1.807) is 6.20 Å². The SMILES string of the molecule is CCN(CC)c1ccc(Nc2ccc(C(N)=S)nc2)cc1. The smallest absolute Gasteiger partial charge is 0.122 e. The molecule has 1 aromatic heterocycles. The van der Waals surface area contributed by atoms with Gasteiger partial charge in [-0.2, -0.15) is 0 Å². The number of hydrogen-bond acceptors (Lipinski definition) is 4. The van der Waals surface area contributed by atoms with Crippen LogP contribution in [0.1, 0.15) is 19.5 Å². The van der Waals surface area contributed by atoms with E-state index in [1.165, 1.54) is 5.69 Å². The number of aromatic nitrogens is 1. The largest absolute Gasteiger partial charge is 0.388 e. The highest BCUT2D eigenvalue weighted by molar-refractivity contribution is 7.80. The lowest BCUT2D eigenvalue weighted by molar-refractivity contribution is 0.866. The van der Waals surface area contributed by atoms with E-state index in [0.717, 1.165) is 24.5 Å². The molecule has 0 aliphatic heterocycles. The van der Waals surface area contributed by atoms with Crippen molar-refractivity contribution in [3.8, 4) is 0 Å². The van der Waals surface area contributed by atoms with E-state index < -0.39 is 0 Å². The van der Waals surface area contributed by atoms with Crippen molar-refractivity contribution in [2.75, 3.05) is 23.3 Å². The first-order chi connectivity index (χ1) is 10.1. The Morgan fingerprint density at radius 3 is 2.19 bits per heavy atom. The fraction of sp³-hybridized carbons (Fsp3) is 0.250. The first kappa shape index (κ1) is 15.3. The molecule has 5 heteroatoms. The summed E-state index contributed by atoms with van der Waals surface area (Å²) in [5.41, 5.74) is 9.32. The maximum atomic E-state index is 5.53. The van der Waals surface area contributed by atoms with Crippen molar-refractivity contribution in [2.24, 2.45) is 5.73 Å². The number of nitrogens with one attached hydrogen (secondary N) is 1. The Labute approximate surface area is 131 Å². The van der Waals surface area contributed by atoms with Crippen LogP contribution in [0.25, 0.3) is 0 Å². The van der Waals surface area contributed by atoms with Gasteiger partial charge in [-0.1, -0.05) is 12.2 Å². The average molecular weight is 300 g/mol. The maximum Gasteiger partial charge on any atom is 0.122 e. The van der Waals surface area contributed by atoms with Crippen LogP contribution in [0, 0.1) is 0 Å². The molecule has 1 aromatic carbocycles. The highest BCUT2D eigenvalue weighted by Gasteiger charge is 2.02. The second-order valence-electron chi connectivity index (χ2n) is 4.64. The van der Waals surface area contributed by atoms with Crippen LogP contribution in [0.15, 0.2) is 42.6 Å². The zero-order valence-electron chi connectivity index (χ0n) is 12.3. The third-order valence-electron chi connectivity index (χ3n) is 3.30. The Bertz CT molecular complexity index is 589. The summed E-state index contributed by atoms with van der Waals surface area (Å²) in [7, 11) is 0. The third-order valence-corrected chi connectivity index (χ3v) is 3.51. The summed E-state index contributed by atoms with van der Waals surface area (Å²) in [5, 5.41) is 3.31. The van der Waals surface area contributed by atoms with Crippen molar-refractivity contribution in [2.45, 2.75) is 13.8 Å². The lowest BCUT2D eigenvalue weighted by Crippen LogP contribution is -2.21. The molecule has 0 spiro atoms. The first-order valence-corrected chi connectivity index (χ1v) is 7.42. The van der Waals surface area contributed by atoms with Gasteiger partial charge in [0.05, 0.1) is 17.6 Å². The van der Waals surface area contributed by atoms with E-state index in [9.17, 15) is 0 Å². The van der Waals surface area contributed by atoms with Crippen LogP contribution in [0.5, 0.6) is 0 Å². The number of nitrogens with zero attached hydrogens (tertiary/aromatic N) is 2. The van der Waals surface area contributed by atoms with Gasteiger partial charge in [0, 0.05) is 24.5 Å². The van der Waals surface area contributed by atoms with E-state index in [1.807, 2.05) is 12.1 Å². The first-order valence-electron chi connectivity index (χ1n) is 7.02. The van der Waals surface area contributed by atoms with Crippen molar-refractivity contribution in [1.29, 1.82) is 0 Å². The molecule has 0 aliphatic rings. The monoisotopic (exact) mass is 300 g/mol. The minimum atomic E-state index is 0.310. The fourth-order valence-electron chi connectivity index (χ4n) is 2.12. The number of anilines is 3. The molecule has 2 aromatic rings. The molecule has 0 unspecified atom stereocenters. The summed E-state index contributed by atoms with van der Waals surface area (Å²) >= 11 is 4.89. The molecule has 110 valence electrons. The quantitative estimate of drug-likeness (QED) is 0.802. The van der Waals surface area contributed by atoms with Gasteiger partial charge in [-0.15, -0.1) is 0 Å². The zero-order valence-corrected chi connectivity index (χ0v) is 13.2. The number of thiocarbonyl (C=S) groups is 1. The number of hydrogen-bond donors (Lipinski definition) is 2. The molecule has 0 bridgehead atoms. The molecule has 3 N–H and O–H groups in total. The van der Waals surface area contributed by atoms with Crippen LogP contribution in [0.3, 0.4) is 0 Å². The lowest BCUT2D eigenvalue weighted by Gasteiger charge is -2.21. The van der Waals surface area contributed by atoms with Gasteiger partial charge in [-0.25, -0.2) is 0 Å². The van der Waals surface area contributed by atoms with Crippen LogP contribution in [-0.4, -0.2) is 23.1 Å². The molecule has 0 fully saturated rings. The summed E-state index contributed by atoms with van der Waals surface area (Å²) in [5.74, 6) is 0. The molecule has 0 saturated heterocycles. The molecule has 21 heavy (non-hydrogen) atoms. The van der Waals surface area contributed by atoms with Gasteiger partial charge in [0.2, 0.25) is 0 Å². The summed E-state index contributed by atoms with van der Waals surface area (Å²) in [6, 6.07) is 12.1. The molecule has 0 atom stereocenters. The predicted octanol–water partition coefficient (Wildman–Crippen LogP) is 3.31. The normalized spacial score (nSPS) is 10.2. The van der Waals surface area contributed by atoms with Gasteiger partial charge in [-0.3, -0.25) is 4.98 Å². The standard InChI is InChI=1S/C16H20N4S/c1-3-20(4-2)14-8-5-12(6-9-14)19-13-7-10-15(16(17)21)18-11-13/h5-11,19H,3-4H2,1-2H3,(H2,17,21). The minimum absolute atomic E-state index is 0.310. The minimum Gasteiger partial charge on any atom is -0.388 e. The van der Waals surface area contributed by atoms with E-state index >= 15 is 0 Å². The van der Waals surface area contributed by atoms with Gasteiger partial charge in [0.15, 0.2) is 0 Å². The van der Waals surface area contributed by atoms with E-state index in [0.29, 0.717) is 10.7 Å². The molecular weight excluding hydrogens is 280 g/mol. The van der Waals surface area contributed by atoms with Gasteiger partial charge in [-0.05, 0) is 50.2 Å². The van der Waals surface area contributed by atoms with E-state index in [4.69, 9.17) is 18.0 Å². The number of benzene rings is 1. The van der Waals surface area contributed by atoms with Crippen molar-refractivity contribution >= 4 is 34.3 Å².